The topological polar surface area (TPSA) is 116 Å². The zero-order valence-corrected chi connectivity index (χ0v) is 17.2. The number of aromatic nitrogens is 2. The minimum atomic E-state index is -3.50. The maximum Gasteiger partial charge on any atom is 0.268 e. The molecule has 0 bridgehead atoms. The molecule has 0 saturated heterocycles. The van der Waals surface area contributed by atoms with Crippen molar-refractivity contribution in [1.29, 1.82) is 5.26 Å². The standard InChI is InChI=1S/C15H14BrN5O3S2/c1-21(2)12-5-4-9(7-11(12)16)6-10(8-17)13(22)18-14-19-20-15(25-14)26(3,23)24/h4-7H,1-3H3,(H,18,19,22). The number of amides is 1. The number of halogens is 1. The number of rotatable bonds is 5. The van der Waals surface area contributed by atoms with E-state index in [0.717, 1.165) is 27.8 Å². The number of anilines is 2. The van der Waals surface area contributed by atoms with Gasteiger partial charge in [0.1, 0.15) is 11.6 Å². The molecule has 0 spiro atoms. The Balaban J connectivity index is 2.23. The third-order valence-corrected chi connectivity index (χ3v) is 6.22. The average molecular weight is 456 g/mol. The lowest BCUT2D eigenvalue weighted by molar-refractivity contribution is -0.112. The normalized spacial score (nSPS) is 11.7. The number of sulfone groups is 1. The van der Waals surface area contributed by atoms with Gasteiger partial charge in [-0.25, -0.2) is 8.42 Å². The van der Waals surface area contributed by atoms with Crippen LogP contribution in [0.1, 0.15) is 5.56 Å². The third-order valence-electron chi connectivity index (χ3n) is 3.07. The zero-order chi connectivity index (χ0) is 19.5. The summed E-state index contributed by atoms with van der Waals surface area (Å²) in [5.74, 6) is -0.698. The van der Waals surface area contributed by atoms with E-state index in [0.29, 0.717) is 5.56 Å². The first kappa shape index (κ1) is 20.0. The van der Waals surface area contributed by atoms with Crippen LogP contribution < -0.4 is 10.2 Å². The molecular weight excluding hydrogens is 442 g/mol. The Morgan fingerprint density at radius 1 is 1.38 bits per heavy atom. The van der Waals surface area contributed by atoms with E-state index in [-0.39, 0.29) is 15.0 Å². The molecule has 136 valence electrons. The molecule has 1 aromatic carbocycles. The maximum absolute atomic E-state index is 12.2. The Bertz CT molecular complexity index is 1020. The van der Waals surface area contributed by atoms with Crippen LogP contribution in [0.3, 0.4) is 0 Å². The summed E-state index contributed by atoms with van der Waals surface area (Å²) in [6.07, 6.45) is 2.42. The van der Waals surface area contributed by atoms with E-state index in [1.807, 2.05) is 31.1 Å². The van der Waals surface area contributed by atoms with Crippen molar-refractivity contribution in [2.45, 2.75) is 4.34 Å². The van der Waals surface area contributed by atoms with Gasteiger partial charge in [0.2, 0.25) is 19.3 Å². The van der Waals surface area contributed by atoms with Crippen molar-refractivity contribution in [3.63, 3.8) is 0 Å². The molecule has 8 nitrogen and oxygen atoms in total. The monoisotopic (exact) mass is 455 g/mol. The zero-order valence-electron chi connectivity index (χ0n) is 14.0. The van der Waals surface area contributed by atoms with Crippen molar-refractivity contribution in [3.8, 4) is 6.07 Å². The highest BCUT2D eigenvalue weighted by Crippen LogP contribution is 2.27. The molecule has 1 aromatic heterocycles. The van der Waals surface area contributed by atoms with E-state index in [4.69, 9.17) is 0 Å². The number of carbonyl (C=O) groups is 1. The summed E-state index contributed by atoms with van der Waals surface area (Å²) in [5.41, 5.74) is 1.46. The maximum atomic E-state index is 12.2. The molecule has 26 heavy (non-hydrogen) atoms. The molecule has 11 heteroatoms. The van der Waals surface area contributed by atoms with E-state index >= 15 is 0 Å². The second-order valence-corrected chi connectivity index (χ2v) is 9.40. The number of nitriles is 1. The summed E-state index contributed by atoms with van der Waals surface area (Å²) in [6.45, 7) is 0. The Morgan fingerprint density at radius 2 is 2.08 bits per heavy atom. The van der Waals surface area contributed by atoms with Crippen LogP contribution in [-0.4, -0.2) is 44.9 Å². The Labute approximate surface area is 163 Å². The summed E-state index contributed by atoms with van der Waals surface area (Å²) in [5, 5.41) is 18.7. The summed E-state index contributed by atoms with van der Waals surface area (Å²) in [4.78, 5) is 14.2. The smallest absolute Gasteiger partial charge is 0.268 e. The number of benzene rings is 1. The van der Waals surface area contributed by atoms with Gasteiger partial charge in [-0.3, -0.25) is 10.1 Å². The fourth-order valence-electron chi connectivity index (χ4n) is 1.87. The predicted molar refractivity (Wildman–Crippen MR) is 104 cm³/mol. The van der Waals surface area contributed by atoms with E-state index in [1.165, 1.54) is 6.08 Å². The molecule has 0 radical (unpaired) electrons. The minimum absolute atomic E-state index is 0.000659. The van der Waals surface area contributed by atoms with Crippen molar-refractivity contribution < 1.29 is 13.2 Å². The molecule has 0 atom stereocenters. The summed E-state index contributed by atoms with van der Waals surface area (Å²) < 4.78 is 23.4. The predicted octanol–water partition coefficient (Wildman–Crippen LogP) is 2.32. The fraction of sp³-hybridized carbons (Fsp3) is 0.200. The molecule has 0 aliphatic rings. The van der Waals surface area contributed by atoms with Crippen LogP contribution in [0.2, 0.25) is 0 Å². The van der Waals surface area contributed by atoms with Crippen LogP contribution in [-0.2, 0) is 14.6 Å². The summed E-state index contributed by atoms with van der Waals surface area (Å²) >= 11 is 4.16. The van der Waals surface area contributed by atoms with Gasteiger partial charge in [-0.05, 0) is 39.7 Å². The van der Waals surface area contributed by atoms with Crippen LogP contribution in [0.15, 0.2) is 32.6 Å². The number of carbonyl (C=O) groups excluding carboxylic acids is 1. The Morgan fingerprint density at radius 3 is 2.58 bits per heavy atom. The second kappa shape index (κ2) is 7.94. The van der Waals surface area contributed by atoms with Crippen LogP contribution in [0, 0.1) is 11.3 Å². The summed E-state index contributed by atoms with van der Waals surface area (Å²) in [6, 6.07) is 7.24. The van der Waals surface area contributed by atoms with E-state index < -0.39 is 15.7 Å². The minimum Gasteiger partial charge on any atom is -0.377 e. The van der Waals surface area contributed by atoms with Gasteiger partial charge in [0.25, 0.3) is 5.91 Å². The second-order valence-electron chi connectivity index (χ2n) is 5.37. The van der Waals surface area contributed by atoms with Gasteiger partial charge in [0.05, 0.1) is 5.69 Å². The van der Waals surface area contributed by atoms with Crippen LogP contribution >= 0.6 is 27.3 Å². The fourth-order valence-corrected chi connectivity index (χ4v) is 4.12. The van der Waals surface area contributed by atoms with Crippen molar-refractivity contribution >= 4 is 59.9 Å². The molecule has 0 saturated carbocycles. The molecule has 1 heterocycles. The first-order valence-corrected chi connectivity index (χ1v) is 10.6. The van der Waals surface area contributed by atoms with E-state index in [2.05, 4.69) is 31.4 Å². The molecule has 1 N–H and O–H groups in total. The van der Waals surface area contributed by atoms with Gasteiger partial charge in [-0.15, -0.1) is 10.2 Å². The molecule has 1 amide bonds. The lowest BCUT2D eigenvalue weighted by atomic mass is 10.1. The van der Waals surface area contributed by atoms with E-state index in [9.17, 15) is 18.5 Å². The lowest BCUT2D eigenvalue weighted by Gasteiger charge is -2.14. The highest BCUT2D eigenvalue weighted by molar-refractivity contribution is 9.10. The first-order valence-electron chi connectivity index (χ1n) is 7.05. The van der Waals surface area contributed by atoms with Crippen LogP contribution in [0.4, 0.5) is 10.8 Å². The molecule has 0 unspecified atom stereocenters. The number of hydrogen-bond donors (Lipinski definition) is 1. The van der Waals surface area contributed by atoms with Gasteiger partial charge in [-0.1, -0.05) is 17.4 Å². The van der Waals surface area contributed by atoms with Crippen molar-refractivity contribution in [2.75, 3.05) is 30.6 Å². The SMILES string of the molecule is CN(C)c1ccc(C=C(C#N)C(=O)Nc2nnc(S(C)(=O)=O)s2)cc1Br. The van der Waals surface area contributed by atoms with Gasteiger partial charge in [0, 0.05) is 24.8 Å². The number of nitrogens with zero attached hydrogens (tertiary/aromatic N) is 4. The van der Waals surface area contributed by atoms with E-state index in [1.54, 1.807) is 12.1 Å². The molecule has 0 aliphatic carbocycles. The van der Waals surface area contributed by atoms with Gasteiger partial charge >= 0.3 is 0 Å². The molecule has 0 fully saturated rings. The number of hydrogen-bond acceptors (Lipinski definition) is 8. The Hall–Kier alpha value is -2.29. The molecule has 0 aliphatic heterocycles. The van der Waals surface area contributed by atoms with Gasteiger partial charge < -0.3 is 4.90 Å². The lowest BCUT2D eigenvalue weighted by Crippen LogP contribution is -2.13. The van der Waals surface area contributed by atoms with Gasteiger partial charge in [0.15, 0.2) is 0 Å². The highest BCUT2D eigenvalue weighted by Gasteiger charge is 2.17. The quantitative estimate of drug-likeness (QED) is 0.417. The van der Waals surface area contributed by atoms with Gasteiger partial charge in [-0.2, -0.15) is 5.26 Å². The highest BCUT2D eigenvalue weighted by atomic mass is 79.9. The molecular formula is C15H14BrN5O3S2. The van der Waals surface area contributed by atoms with Crippen molar-refractivity contribution in [2.24, 2.45) is 0 Å². The average Bonchev–Trinajstić information content (AvgIpc) is 3.00. The third kappa shape index (κ3) is 4.87. The number of nitrogens with one attached hydrogen (secondary N) is 1. The molecule has 2 rings (SSSR count). The Kier molecular flexibility index (Phi) is 6.12. The van der Waals surface area contributed by atoms with Crippen molar-refractivity contribution in [1.82, 2.24) is 10.2 Å². The molecule has 2 aromatic rings. The van der Waals surface area contributed by atoms with Crippen LogP contribution in [0.5, 0.6) is 0 Å². The first-order chi connectivity index (χ1) is 12.1. The van der Waals surface area contributed by atoms with Crippen molar-refractivity contribution in [3.05, 3.63) is 33.8 Å². The largest absolute Gasteiger partial charge is 0.377 e. The summed E-state index contributed by atoms with van der Waals surface area (Å²) in [7, 11) is 0.295. The van der Waals surface area contributed by atoms with Crippen LogP contribution in [0.25, 0.3) is 6.08 Å².